The summed E-state index contributed by atoms with van der Waals surface area (Å²) >= 11 is 0. The van der Waals surface area contributed by atoms with Crippen LogP contribution in [0.3, 0.4) is 0 Å². The molecule has 0 saturated heterocycles. The van der Waals surface area contributed by atoms with Crippen molar-refractivity contribution in [2.45, 2.75) is 26.3 Å². The normalized spacial score (nSPS) is 12.2. The van der Waals surface area contributed by atoms with E-state index in [1.165, 1.54) is 0 Å². The number of benzene rings is 2. The van der Waals surface area contributed by atoms with Gasteiger partial charge in [-0.05, 0) is 50.2 Å². The maximum atomic E-state index is 14.2. The van der Waals surface area contributed by atoms with Crippen molar-refractivity contribution < 1.29 is 9.13 Å². The highest BCUT2D eigenvalue weighted by Gasteiger charge is 2.17. The number of hydrogen-bond donors (Lipinski definition) is 1. The molecule has 2 rings (SSSR count). The first-order valence-electron chi connectivity index (χ1n) is 7.23. The van der Waals surface area contributed by atoms with Crippen molar-refractivity contribution in [3.8, 4) is 5.75 Å². The van der Waals surface area contributed by atoms with Crippen molar-refractivity contribution >= 4 is 0 Å². The number of rotatable bonds is 6. The SMILES string of the molecule is CNC(CCOc1ccccc1)c1c(C)cc(C)cc1F. The Morgan fingerprint density at radius 3 is 2.48 bits per heavy atom. The number of aryl methyl sites for hydroxylation is 2. The molecule has 21 heavy (non-hydrogen) atoms. The molecule has 1 N–H and O–H groups in total. The summed E-state index contributed by atoms with van der Waals surface area (Å²) in [6.07, 6.45) is 0.714. The lowest BCUT2D eigenvalue weighted by atomic mass is 9.96. The van der Waals surface area contributed by atoms with Gasteiger partial charge in [-0.25, -0.2) is 4.39 Å². The summed E-state index contributed by atoms with van der Waals surface area (Å²) < 4.78 is 19.9. The quantitative estimate of drug-likeness (QED) is 0.861. The molecule has 0 aliphatic heterocycles. The van der Waals surface area contributed by atoms with Crippen LogP contribution in [0.5, 0.6) is 5.75 Å². The van der Waals surface area contributed by atoms with Gasteiger partial charge < -0.3 is 10.1 Å². The molecule has 0 saturated carbocycles. The summed E-state index contributed by atoms with van der Waals surface area (Å²) in [6, 6.07) is 13.2. The Labute approximate surface area is 126 Å². The van der Waals surface area contributed by atoms with Crippen LogP contribution in [0, 0.1) is 19.7 Å². The number of para-hydroxylation sites is 1. The molecule has 0 aromatic heterocycles. The van der Waals surface area contributed by atoms with Gasteiger partial charge in [0.1, 0.15) is 11.6 Å². The van der Waals surface area contributed by atoms with Crippen molar-refractivity contribution in [3.05, 3.63) is 65.0 Å². The molecule has 0 radical (unpaired) electrons. The Hall–Kier alpha value is -1.87. The first kappa shape index (κ1) is 15.5. The van der Waals surface area contributed by atoms with E-state index in [2.05, 4.69) is 5.32 Å². The fraction of sp³-hybridized carbons (Fsp3) is 0.333. The standard InChI is InChI=1S/C18H22FNO/c1-13-11-14(2)18(16(19)12-13)17(20-3)9-10-21-15-7-5-4-6-8-15/h4-8,11-12,17,20H,9-10H2,1-3H3. The van der Waals surface area contributed by atoms with Crippen LogP contribution in [0.15, 0.2) is 42.5 Å². The van der Waals surface area contributed by atoms with Crippen LogP contribution in [-0.2, 0) is 0 Å². The predicted molar refractivity (Wildman–Crippen MR) is 84.2 cm³/mol. The summed E-state index contributed by atoms with van der Waals surface area (Å²) in [5, 5.41) is 3.19. The number of ether oxygens (including phenoxy) is 1. The van der Waals surface area contributed by atoms with Gasteiger partial charge in [0.2, 0.25) is 0 Å². The predicted octanol–water partition coefficient (Wildman–Crippen LogP) is 4.17. The molecule has 2 aromatic carbocycles. The molecule has 2 nitrogen and oxygen atoms in total. The molecule has 0 fully saturated rings. The van der Waals surface area contributed by atoms with Gasteiger partial charge >= 0.3 is 0 Å². The van der Waals surface area contributed by atoms with Crippen molar-refractivity contribution in [3.63, 3.8) is 0 Å². The summed E-state index contributed by atoms with van der Waals surface area (Å²) in [4.78, 5) is 0. The fourth-order valence-corrected chi connectivity index (χ4v) is 2.61. The van der Waals surface area contributed by atoms with E-state index in [9.17, 15) is 4.39 Å². The summed E-state index contributed by atoms with van der Waals surface area (Å²) in [5.74, 6) is 0.694. The molecule has 2 aromatic rings. The zero-order valence-corrected chi connectivity index (χ0v) is 12.8. The van der Waals surface area contributed by atoms with Gasteiger partial charge in [0.25, 0.3) is 0 Å². The smallest absolute Gasteiger partial charge is 0.128 e. The minimum atomic E-state index is -0.147. The summed E-state index contributed by atoms with van der Waals surface area (Å²) in [6.45, 7) is 4.41. The number of hydrogen-bond acceptors (Lipinski definition) is 2. The van der Waals surface area contributed by atoms with E-state index in [0.717, 1.165) is 22.4 Å². The first-order valence-corrected chi connectivity index (χ1v) is 7.23. The van der Waals surface area contributed by atoms with Crippen LogP contribution < -0.4 is 10.1 Å². The third kappa shape index (κ3) is 4.05. The minimum Gasteiger partial charge on any atom is -0.494 e. The van der Waals surface area contributed by atoms with Crippen LogP contribution >= 0.6 is 0 Å². The highest BCUT2D eigenvalue weighted by Crippen LogP contribution is 2.25. The minimum absolute atomic E-state index is 0.0469. The van der Waals surface area contributed by atoms with Crippen LogP contribution in [0.2, 0.25) is 0 Å². The molecule has 112 valence electrons. The van der Waals surface area contributed by atoms with E-state index in [-0.39, 0.29) is 11.9 Å². The Kier molecular flexibility index (Phi) is 5.34. The molecule has 0 aliphatic carbocycles. The maximum absolute atomic E-state index is 14.2. The Morgan fingerprint density at radius 1 is 1.14 bits per heavy atom. The molecule has 0 aliphatic rings. The highest BCUT2D eigenvalue weighted by atomic mass is 19.1. The highest BCUT2D eigenvalue weighted by molar-refractivity contribution is 5.34. The van der Waals surface area contributed by atoms with Gasteiger partial charge in [-0.1, -0.05) is 24.3 Å². The summed E-state index contributed by atoms with van der Waals surface area (Å²) in [5.41, 5.74) is 2.66. The number of nitrogens with one attached hydrogen (secondary N) is 1. The molecule has 1 atom stereocenters. The molecule has 0 spiro atoms. The topological polar surface area (TPSA) is 21.3 Å². The Morgan fingerprint density at radius 2 is 1.86 bits per heavy atom. The second-order valence-corrected chi connectivity index (χ2v) is 5.27. The van der Waals surface area contributed by atoms with Crippen molar-refractivity contribution in [1.82, 2.24) is 5.32 Å². The van der Waals surface area contributed by atoms with Gasteiger partial charge in [0, 0.05) is 18.0 Å². The molecule has 0 amide bonds. The molecule has 0 bridgehead atoms. The Balaban J connectivity index is 2.03. The lowest BCUT2D eigenvalue weighted by molar-refractivity contribution is 0.288. The Bertz CT molecular complexity index is 560. The number of halogens is 1. The van der Waals surface area contributed by atoms with Crippen molar-refractivity contribution in [1.29, 1.82) is 0 Å². The molecule has 1 unspecified atom stereocenters. The largest absolute Gasteiger partial charge is 0.494 e. The van der Waals surface area contributed by atoms with Crippen LogP contribution in [-0.4, -0.2) is 13.7 Å². The maximum Gasteiger partial charge on any atom is 0.128 e. The first-order chi connectivity index (χ1) is 10.1. The second-order valence-electron chi connectivity index (χ2n) is 5.27. The van der Waals surface area contributed by atoms with E-state index >= 15 is 0 Å². The second kappa shape index (κ2) is 7.23. The average molecular weight is 287 g/mol. The average Bonchev–Trinajstić information content (AvgIpc) is 2.45. The van der Waals surface area contributed by atoms with E-state index < -0.39 is 0 Å². The van der Waals surface area contributed by atoms with Gasteiger partial charge in [-0.2, -0.15) is 0 Å². The van der Waals surface area contributed by atoms with E-state index in [1.807, 2.05) is 57.3 Å². The van der Waals surface area contributed by atoms with Crippen LogP contribution in [0.25, 0.3) is 0 Å². The van der Waals surface area contributed by atoms with E-state index in [1.54, 1.807) is 6.07 Å². The molecular weight excluding hydrogens is 265 g/mol. The molecular formula is C18H22FNO. The van der Waals surface area contributed by atoms with Crippen LogP contribution in [0.1, 0.15) is 29.2 Å². The van der Waals surface area contributed by atoms with Gasteiger partial charge in [-0.3, -0.25) is 0 Å². The third-order valence-corrected chi connectivity index (χ3v) is 3.60. The monoisotopic (exact) mass is 287 g/mol. The van der Waals surface area contributed by atoms with Gasteiger partial charge in [-0.15, -0.1) is 0 Å². The third-order valence-electron chi connectivity index (χ3n) is 3.60. The van der Waals surface area contributed by atoms with Crippen molar-refractivity contribution in [2.75, 3.05) is 13.7 Å². The molecule has 3 heteroatoms. The van der Waals surface area contributed by atoms with Crippen LogP contribution in [0.4, 0.5) is 4.39 Å². The zero-order chi connectivity index (χ0) is 15.2. The van der Waals surface area contributed by atoms with Gasteiger partial charge in [0.05, 0.1) is 6.61 Å². The zero-order valence-electron chi connectivity index (χ0n) is 12.8. The molecule has 0 heterocycles. The van der Waals surface area contributed by atoms with Gasteiger partial charge in [0.15, 0.2) is 0 Å². The van der Waals surface area contributed by atoms with Crippen molar-refractivity contribution in [2.24, 2.45) is 0 Å². The van der Waals surface area contributed by atoms with E-state index in [0.29, 0.717) is 13.0 Å². The fourth-order valence-electron chi connectivity index (χ4n) is 2.61. The van der Waals surface area contributed by atoms with E-state index in [4.69, 9.17) is 4.74 Å². The summed E-state index contributed by atoms with van der Waals surface area (Å²) in [7, 11) is 1.85. The lowest BCUT2D eigenvalue weighted by Gasteiger charge is -2.20. The lowest BCUT2D eigenvalue weighted by Crippen LogP contribution is -2.21.